The van der Waals surface area contributed by atoms with Gasteiger partial charge in [-0.15, -0.1) is 0 Å². The Morgan fingerprint density at radius 2 is 1.81 bits per heavy atom. The second-order valence-corrected chi connectivity index (χ2v) is 5.52. The first-order valence-electron chi connectivity index (χ1n) is 7.51. The van der Waals surface area contributed by atoms with E-state index in [0.29, 0.717) is 0 Å². The van der Waals surface area contributed by atoms with Gasteiger partial charge in [0, 0.05) is 17.2 Å². The number of hydrogen-bond acceptors (Lipinski definition) is 4. The predicted octanol–water partition coefficient (Wildman–Crippen LogP) is 2.11. The monoisotopic (exact) mass is 373 g/mol. The zero-order valence-corrected chi connectivity index (χ0v) is 13.6. The number of phenolic OH excluding ortho intramolecular Hbond substituents is 1. The predicted molar refractivity (Wildman–Crippen MR) is 92.3 cm³/mol. The number of primary amides is 2. The molecule has 0 saturated carbocycles. The number of aromatic hydroxyl groups is 1. The molecule has 3 amide bonds. The number of phenols is 1. The summed E-state index contributed by atoms with van der Waals surface area (Å²) in [5, 5.41) is 15.9. The van der Waals surface area contributed by atoms with Gasteiger partial charge in [-0.3, -0.25) is 4.79 Å². The number of rotatable bonds is 4. The summed E-state index contributed by atoms with van der Waals surface area (Å²) < 4.78 is 29.1. The van der Waals surface area contributed by atoms with Gasteiger partial charge < -0.3 is 21.9 Å². The Bertz CT molecular complexity index is 1060. The van der Waals surface area contributed by atoms with Crippen LogP contribution in [0.5, 0.6) is 5.75 Å². The number of nitrogens with zero attached hydrogens (tertiary/aromatic N) is 2. The summed E-state index contributed by atoms with van der Waals surface area (Å²) in [7, 11) is 0. The number of anilines is 1. The Labute approximate surface area is 151 Å². The number of nitrogens with one attached hydrogen (secondary N) is 1. The highest BCUT2D eigenvalue weighted by atomic mass is 19.1. The van der Waals surface area contributed by atoms with E-state index < -0.39 is 23.6 Å². The van der Waals surface area contributed by atoms with Gasteiger partial charge in [0.2, 0.25) is 0 Å². The Morgan fingerprint density at radius 3 is 2.44 bits per heavy atom. The minimum atomic E-state index is -0.930. The minimum Gasteiger partial charge on any atom is -0.507 e. The van der Waals surface area contributed by atoms with E-state index in [9.17, 15) is 23.5 Å². The van der Waals surface area contributed by atoms with Gasteiger partial charge in [0.1, 0.15) is 17.4 Å². The van der Waals surface area contributed by atoms with Crippen molar-refractivity contribution in [2.24, 2.45) is 11.5 Å². The van der Waals surface area contributed by atoms with Crippen LogP contribution in [0.25, 0.3) is 16.8 Å². The standard InChI is InChI=1S/C17H13F2N5O3/c18-8-1-4-14(25)11(5-8)10-3-2-9(6-12(10)19)24-7-13(22-17(21)27)15(23-24)16(20)26/h1-7,25H,(H2,20,26)(H3,21,22,27). The first-order valence-corrected chi connectivity index (χ1v) is 7.51. The summed E-state index contributed by atoms with van der Waals surface area (Å²) in [5.74, 6) is -2.61. The lowest BCUT2D eigenvalue weighted by atomic mass is 10.0. The van der Waals surface area contributed by atoms with Gasteiger partial charge in [-0.25, -0.2) is 18.3 Å². The van der Waals surface area contributed by atoms with Crippen molar-refractivity contribution in [3.8, 4) is 22.6 Å². The second kappa shape index (κ2) is 6.75. The lowest BCUT2D eigenvalue weighted by Gasteiger charge is -2.08. The number of hydrogen-bond donors (Lipinski definition) is 4. The number of aromatic nitrogens is 2. The number of nitrogens with two attached hydrogens (primary N) is 2. The van der Waals surface area contributed by atoms with Gasteiger partial charge in [-0.2, -0.15) is 5.10 Å². The van der Waals surface area contributed by atoms with E-state index in [1.165, 1.54) is 18.3 Å². The van der Waals surface area contributed by atoms with E-state index in [0.717, 1.165) is 28.9 Å². The van der Waals surface area contributed by atoms with Crippen LogP contribution in [0.2, 0.25) is 0 Å². The van der Waals surface area contributed by atoms with Gasteiger partial charge in [0.25, 0.3) is 5.91 Å². The fourth-order valence-electron chi connectivity index (χ4n) is 2.50. The highest BCUT2D eigenvalue weighted by molar-refractivity contribution is 6.00. The van der Waals surface area contributed by atoms with Crippen LogP contribution in [-0.2, 0) is 0 Å². The van der Waals surface area contributed by atoms with Gasteiger partial charge in [0.05, 0.1) is 17.6 Å². The van der Waals surface area contributed by atoms with E-state index in [-0.39, 0.29) is 33.9 Å². The van der Waals surface area contributed by atoms with E-state index in [2.05, 4.69) is 10.4 Å². The quantitative estimate of drug-likeness (QED) is 0.557. The lowest BCUT2D eigenvalue weighted by molar-refractivity contribution is 0.0996. The molecule has 0 bridgehead atoms. The van der Waals surface area contributed by atoms with Crippen molar-refractivity contribution < 1.29 is 23.5 Å². The normalized spacial score (nSPS) is 10.6. The Hall–Kier alpha value is -3.95. The van der Waals surface area contributed by atoms with E-state index >= 15 is 0 Å². The van der Waals surface area contributed by atoms with Crippen LogP contribution >= 0.6 is 0 Å². The zero-order valence-electron chi connectivity index (χ0n) is 13.6. The van der Waals surface area contributed by atoms with Gasteiger partial charge >= 0.3 is 6.03 Å². The molecule has 0 radical (unpaired) electrons. The molecule has 0 aliphatic heterocycles. The van der Waals surface area contributed by atoms with Crippen LogP contribution in [0.1, 0.15) is 10.5 Å². The molecular formula is C17H13F2N5O3. The van der Waals surface area contributed by atoms with Crippen LogP contribution in [0.4, 0.5) is 19.3 Å². The van der Waals surface area contributed by atoms with E-state index in [1.807, 2.05) is 0 Å². The molecular weight excluding hydrogens is 360 g/mol. The minimum absolute atomic E-state index is 0.0200. The number of carbonyl (C=O) groups excluding carboxylic acids is 2. The highest BCUT2D eigenvalue weighted by Gasteiger charge is 2.18. The molecule has 0 spiro atoms. The molecule has 0 fully saturated rings. The summed E-state index contributed by atoms with van der Waals surface area (Å²) in [6.07, 6.45) is 1.24. The molecule has 1 heterocycles. The number of amides is 3. The molecule has 0 aliphatic carbocycles. The molecule has 1 aromatic heterocycles. The molecule has 0 atom stereocenters. The van der Waals surface area contributed by atoms with Gasteiger partial charge in [0.15, 0.2) is 5.69 Å². The Balaban J connectivity index is 2.04. The average molecular weight is 373 g/mol. The third-order valence-corrected chi connectivity index (χ3v) is 3.67. The molecule has 138 valence electrons. The molecule has 0 saturated heterocycles. The topological polar surface area (TPSA) is 136 Å². The van der Waals surface area contributed by atoms with Crippen molar-refractivity contribution in [3.05, 3.63) is 59.9 Å². The van der Waals surface area contributed by atoms with Crippen molar-refractivity contribution in [1.82, 2.24) is 9.78 Å². The third kappa shape index (κ3) is 3.54. The molecule has 3 aromatic rings. The first kappa shape index (κ1) is 17.9. The van der Waals surface area contributed by atoms with Crippen molar-refractivity contribution in [2.45, 2.75) is 0 Å². The van der Waals surface area contributed by atoms with E-state index in [1.54, 1.807) is 0 Å². The third-order valence-electron chi connectivity index (χ3n) is 3.67. The number of urea groups is 1. The molecule has 2 aromatic carbocycles. The molecule has 0 unspecified atom stereocenters. The van der Waals surface area contributed by atoms with Gasteiger partial charge in [-0.05, 0) is 30.3 Å². The molecule has 6 N–H and O–H groups in total. The maximum absolute atomic E-state index is 14.6. The Kier molecular flexibility index (Phi) is 4.46. The summed E-state index contributed by atoms with van der Waals surface area (Å²) in [6, 6.07) is 6.04. The number of carbonyl (C=O) groups is 2. The summed E-state index contributed by atoms with van der Waals surface area (Å²) in [5.41, 5.74) is 10.1. The van der Waals surface area contributed by atoms with Crippen molar-refractivity contribution in [3.63, 3.8) is 0 Å². The van der Waals surface area contributed by atoms with E-state index in [4.69, 9.17) is 11.5 Å². The molecule has 0 aliphatic rings. The van der Waals surface area contributed by atoms with Crippen LogP contribution < -0.4 is 16.8 Å². The summed E-state index contributed by atoms with van der Waals surface area (Å²) >= 11 is 0. The number of benzene rings is 2. The lowest BCUT2D eigenvalue weighted by Crippen LogP contribution is -2.22. The van der Waals surface area contributed by atoms with Crippen molar-refractivity contribution in [1.29, 1.82) is 0 Å². The van der Waals surface area contributed by atoms with Crippen molar-refractivity contribution in [2.75, 3.05) is 5.32 Å². The average Bonchev–Trinajstić information content (AvgIpc) is 3.00. The first-order chi connectivity index (χ1) is 12.8. The fraction of sp³-hybridized carbons (Fsp3) is 0. The molecule has 8 nitrogen and oxygen atoms in total. The van der Waals surface area contributed by atoms with Crippen LogP contribution in [0.3, 0.4) is 0 Å². The summed E-state index contributed by atoms with van der Waals surface area (Å²) in [4.78, 5) is 22.5. The second-order valence-electron chi connectivity index (χ2n) is 5.52. The highest BCUT2D eigenvalue weighted by Crippen LogP contribution is 2.32. The Morgan fingerprint density at radius 1 is 1.07 bits per heavy atom. The maximum atomic E-state index is 14.6. The van der Waals surface area contributed by atoms with Crippen LogP contribution in [0, 0.1) is 11.6 Å². The molecule has 3 rings (SSSR count). The molecule has 27 heavy (non-hydrogen) atoms. The largest absolute Gasteiger partial charge is 0.507 e. The zero-order chi connectivity index (χ0) is 19.7. The van der Waals surface area contributed by atoms with Crippen LogP contribution in [0.15, 0.2) is 42.6 Å². The smallest absolute Gasteiger partial charge is 0.316 e. The van der Waals surface area contributed by atoms with Crippen molar-refractivity contribution >= 4 is 17.6 Å². The summed E-state index contributed by atoms with van der Waals surface area (Å²) in [6.45, 7) is 0. The number of halogens is 2. The SMILES string of the molecule is NC(=O)Nc1cn(-c2ccc(-c3cc(F)ccc3O)c(F)c2)nc1C(N)=O. The fourth-order valence-corrected chi connectivity index (χ4v) is 2.50. The van der Waals surface area contributed by atoms with Gasteiger partial charge in [-0.1, -0.05) is 0 Å². The molecule has 10 heteroatoms. The van der Waals surface area contributed by atoms with Crippen LogP contribution in [-0.4, -0.2) is 26.8 Å². The maximum Gasteiger partial charge on any atom is 0.316 e.